The van der Waals surface area contributed by atoms with Crippen molar-refractivity contribution in [2.24, 2.45) is 5.73 Å². The maximum absolute atomic E-state index is 5.67. The average molecular weight is 219 g/mol. The van der Waals surface area contributed by atoms with Gasteiger partial charge in [0.25, 0.3) is 0 Å². The summed E-state index contributed by atoms with van der Waals surface area (Å²) >= 11 is 0. The summed E-state index contributed by atoms with van der Waals surface area (Å²) in [6.07, 6.45) is 0. The molecule has 0 bridgehead atoms. The van der Waals surface area contributed by atoms with E-state index in [9.17, 15) is 0 Å². The lowest BCUT2D eigenvalue weighted by Gasteiger charge is -2.27. The lowest BCUT2D eigenvalue weighted by molar-refractivity contribution is 0.215. The van der Waals surface area contributed by atoms with Gasteiger partial charge in [0.2, 0.25) is 0 Å². The van der Waals surface area contributed by atoms with Crippen LogP contribution in [0.4, 0.5) is 5.69 Å². The van der Waals surface area contributed by atoms with Crippen molar-refractivity contribution < 1.29 is 0 Å². The summed E-state index contributed by atoms with van der Waals surface area (Å²) < 4.78 is 0. The second-order valence-electron chi connectivity index (χ2n) is 4.62. The molecule has 1 unspecified atom stereocenters. The van der Waals surface area contributed by atoms with Gasteiger partial charge in [-0.1, -0.05) is 18.2 Å². The van der Waals surface area contributed by atoms with Gasteiger partial charge in [-0.2, -0.15) is 0 Å². The van der Waals surface area contributed by atoms with E-state index in [4.69, 9.17) is 5.73 Å². The summed E-state index contributed by atoms with van der Waals surface area (Å²) in [6, 6.07) is 9.20. The first kappa shape index (κ1) is 11.4. The highest BCUT2D eigenvalue weighted by molar-refractivity contribution is 5.53. The molecule has 1 atom stereocenters. The molecule has 88 valence electrons. The molecule has 1 heterocycles. The topological polar surface area (TPSA) is 32.5 Å². The second kappa shape index (κ2) is 4.85. The molecule has 1 aromatic rings. The molecule has 0 amide bonds. The van der Waals surface area contributed by atoms with Crippen LogP contribution in [0.1, 0.15) is 12.5 Å². The summed E-state index contributed by atoms with van der Waals surface area (Å²) in [5.74, 6) is 0. The highest BCUT2D eigenvalue weighted by Gasteiger charge is 2.21. The Balaban J connectivity index is 2.27. The minimum absolute atomic E-state index is 0.556. The molecular formula is C13H21N3. The van der Waals surface area contributed by atoms with Crippen LogP contribution in [0.3, 0.4) is 0 Å². The van der Waals surface area contributed by atoms with E-state index < -0.39 is 0 Å². The van der Waals surface area contributed by atoms with E-state index in [0.29, 0.717) is 6.04 Å². The van der Waals surface area contributed by atoms with Crippen LogP contribution in [0, 0.1) is 0 Å². The van der Waals surface area contributed by atoms with Gasteiger partial charge in [0.1, 0.15) is 0 Å². The van der Waals surface area contributed by atoms with Crippen LogP contribution >= 0.6 is 0 Å². The average Bonchev–Trinajstić information content (AvgIpc) is 2.39. The van der Waals surface area contributed by atoms with E-state index in [1.54, 1.807) is 0 Å². The van der Waals surface area contributed by atoms with Crippen molar-refractivity contribution in [2.75, 3.05) is 31.6 Å². The maximum Gasteiger partial charge on any atom is 0.0409 e. The van der Waals surface area contributed by atoms with Gasteiger partial charge in [0.05, 0.1) is 0 Å². The first-order valence-corrected chi connectivity index (χ1v) is 5.95. The first-order chi connectivity index (χ1) is 7.72. The third kappa shape index (κ3) is 2.20. The quantitative estimate of drug-likeness (QED) is 0.813. The molecule has 3 heteroatoms. The number of likely N-dealkylation sites (N-methyl/N-ethyl adjacent to an activating group) is 1. The third-order valence-corrected chi connectivity index (χ3v) is 3.35. The molecule has 3 nitrogen and oxygen atoms in total. The van der Waals surface area contributed by atoms with Crippen LogP contribution in [0.25, 0.3) is 0 Å². The van der Waals surface area contributed by atoms with Gasteiger partial charge in [-0.15, -0.1) is 0 Å². The predicted molar refractivity (Wildman–Crippen MR) is 68.6 cm³/mol. The van der Waals surface area contributed by atoms with Crippen LogP contribution in [-0.2, 0) is 6.54 Å². The van der Waals surface area contributed by atoms with E-state index in [1.807, 2.05) is 0 Å². The van der Waals surface area contributed by atoms with Crippen LogP contribution < -0.4 is 10.6 Å². The number of hydrogen-bond acceptors (Lipinski definition) is 3. The Hall–Kier alpha value is -1.06. The van der Waals surface area contributed by atoms with Gasteiger partial charge in [-0.25, -0.2) is 0 Å². The Morgan fingerprint density at radius 2 is 2.12 bits per heavy atom. The Bertz CT molecular complexity index is 351. The molecule has 0 aliphatic carbocycles. The van der Waals surface area contributed by atoms with Gasteiger partial charge < -0.3 is 10.6 Å². The Kier molecular flexibility index (Phi) is 3.46. The molecule has 0 fully saturated rings. The predicted octanol–water partition coefficient (Wildman–Crippen LogP) is 1.29. The number of anilines is 1. The van der Waals surface area contributed by atoms with Gasteiger partial charge >= 0.3 is 0 Å². The lowest BCUT2D eigenvalue weighted by atomic mass is 10.1. The fourth-order valence-electron chi connectivity index (χ4n) is 2.47. The van der Waals surface area contributed by atoms with E-state index in [0.717, 1.165) is 26.2 Å². The molecule has 0 spiro atoms. The maximum atomic E-state index is 5.67. The second-order valence-corrected chi connectivity index (χ2v) is 4.62. The van der Waals surface area contributed by atoms with Crippen molar-refractivity contribution in [3.8, 4) is 0 Å². The summed E-state index contributed by atoms with van der Waals surface area (Å²) in [6.45, 7) is 6.06. The molecule has 0 saturated carbocycles. The molecule has 0 aromatic heterocycles. The van der Waals surface area contributed by atoms with Crippen molar-refractivity contribution in [3.63, 3.8) is 0 Å². The standard InChI is InChI=1S/C13H21N3/c1-11-9-15(2)13-6-4-3-5-12(13)10-16(11)8-7-14/h3-6,11H,7-10,14H2,1-2H3. The van der Waals surface area contributed by atoms with Crippen molar-refractivity contribution in [1.29, 1.82) is 0 Å². The molecule has 1 aliphatic rings. The van der Waals surface area contributed by atoms with Crippen LogP contribution in [0.5, 0.6) is 0 Å². The van der Waals surface area contributed by atoms with Crippen molar-refractivity contribution in [2.45, 2.75) is 19.5 Å². The number of nitrogens with zero attached hydrogens (tertiary/aromatic N) is 2. The monoisotopic (exact) mass is 219 g/mol. The largest absolute Gasteiger partial charge is 0.373 e. The van der Waals surface area contributed by atoms with Crippen LogP contribution in [0.2, 0.25) is 0 Å². The van der Waals surface area contributed by atoms with E-state index in [2.05, 4.69) is 48.0 Å². The molecular weight excluding hydrogens is 198 g/mol. The highest BCUT2D eigenvalue weighted by atomic mass is 15.2. The van der Waals surface area contributed by atoms with Gasteiger partial charge in [0, 0.05) is 45.0 Å². The first-order valence-electron chi connectivity index (χ1n) is 5.95. The van der Waals surface area contributed by atoms with Gasteiger partial charge in [0.15, 0.2) is 0 Å². The summed E-state index contributed by atoms with van der Waals surface area (Å²) in [5.41, 5.74) is 8.43. The van der Waals surface area contributed by atoms with E-state index in [1.165, 1.54) is 11.3 Å². The fourth-order valence-corrected chi connectivity index (χ4v) is 2.47. The Labute approximate surface area is 97.8 Å². The SMILES string of the molecule is CC1CN(C)c2ccccc2CN1CCN. The normalized spacial score (nSPS) is 21.7. The number of nitrogens with two attached hydrogens (primary N) is 1. The Morgan fingerprint density at radius 3 is 2.88 bits per heavy atom. The van der Waals surface area contributed by atoms with Crippen molar-refractivity contribution in [3.05, 3.63) is 29.8 Å². The van der Waals surface area contributed by atoms with Crippen molar-refractivity contribution in [1.82, 2.24) is 4.90 Å². The minimum atomic E-state index is 0.556. The molecule has 2 rings (SSSR count). The number of benzene rings is 1. The van der Waals surface area contributed by atoms with Crippen molar-refractivity contribution >= 4 is 5.69 Å². The smallest absolute Gasteiger partial charge is 0.0409 e. The van der Waals surface area contributed by atoms with E-state index >= 15 is 0 Å². The fraction of sp³-hybridized carbons (Fsp3) is 0.538. The summed E-state index contributed by atoms with van der Waals surface area (Å²) in [4.78, 5) is 4.80. The third-order valence-electron chi connectivity index (χ3n) is 3.35. The number of rotatable bonds is 2. The number of fused-ring (bicyclic) bond motifs is 1. The lowest BCUT2D eigenvalue weighted by Crippen LogP contribution is -2.40. The molecule has 2 N–H and O–H groups in total. The molecule has 1 aliphatic heterocycles. The minimum Gasteiger partial charge on any atom is -0.373 e. The molecule has 1 aromatic carbocycles. The molecule has 0 radical (unpaired) electrons. The van der Waals surface area contributed by atoms with E-state index in [-0.39, 0.29) is 0 Å². The molecule has 16 heavy (non-hydrogen) atoms. The van der Waals surface area contributed by atoms with Crippen LogP contribution in [0.15, 0.2) is 24.3 Å². The summed E-state index contributed by atoms with van der Waals surface area (Å²) in [7, 11) is 2.17. The molecule has 0 saturated heterocycles. The summed E-state index contributed by atoms with van der Waals surface area (Å²) in [5, 5.41) is 0. The number of para-hydroxylation sites is 1. The zero-order valence-electron chi connectivity index (χ0n) is 10.2. The van der Waals surface area contributed by atoms with Gasteiger partial charge in [-0.3, -0.25) is 4.90 Å². The highest BCUT2D eigenvalue weighted by Crippen LogP contribution is 2.25. The number of hydrogen-bond donors (Lipinski definition) is 1. The Morgan fingerprint density at radius 1 is 1.38 bits per heavy atom. The zero-order chi connectivity index (χ0) is 11.5. The van der Waals surface area contributed by atoms with Gasteiger partial charge in [-0.05, 0) is 18.6 Å². The van der Waals surface area contributed by atoms with Crippen LogP contribution in [-0.4, -0.2) is 37.6 Å². The zero-order valence-corrected chi connectivity index (χ0v) is 10.2.